The number of aryl methyl sites for hydroxylation is 1. The summed E-state index contributed by atoms with van der Waals surface area (Å²) in [5.74, 6) is 2.43. The Labute approximate surface area is 101 Å². The number of hydrogen-bond acceptors (Lipinski definition) is 4. The number of likely N-dealkylation sites (tertiary alicyclic amines) is 1. The molecule has 4 nitrogen and oxygen atoms in total. The van der Waals surface area contributed by atoms with E-state index < -0.39 is 0 Å². The Hall–Kier alpha value is -1.26. The van der Waals surface area contributed by atoms with Gasteiger partial charge < -0.3 is 15.2 Å². The molecule has 0 bridgehead atoms. The van der Waals surface area contributed by atoms with E-state index in [-0.39, 0.29) is 0 Å². The first kappa shape index (κ1) is 10.9. The fourth-order valence-corrected chi connectivity index (χ4v) is 2.45. The third-order valence-corrected chi connectivity index (χ3v) is 3.59. The van der Waals surface area contributed by atoms with E-state index in [2.05, 4.69) is 24.0 Å². The van der Waals surface area contributed by atoms with Gasteiger partial charge in [-0.1, -0.05) is 0 Å². The molecule has 0 unspecified atom stereocenters. The molecule has 0 radical (unpaired) electrons. The van der Waals surface area contributed by atoms with Gasteiger partial charge in [-0.2, -0.15) is 0 Å². The van der Waals surface area contributed by atoms with Gasteiger partial charge in [0.2, 0.25) is 6.79 Å². The maximum atomic E-state index is 5.63. The lowest BCUT2D eigenvalue weighted by atomic mass is 9.98. The van der Waals surface area contributed by atoms with Crippen molar-refractivity contribution >= 4 is 0 Å². The second-order valence-corrected chi connectivity index (χ2v) is 4.93. The van der Waals surface area contributed by atoms with Crippen LogP contribution in [0.5, 0.6) is 11.5 Å². The van der Waals surface area contributed by atoms with Crippen molar-refractivity contribution in [1.29, 1.82) is 0 Å². The monoisotopic (exact) mass is 234 g/mol. The molecular formula is C13H18N2O2. The van der Waals surface area contributed by atoms with Crippen LogP contribution in [0.1, 0.15) is 11.1 Å². The lowest BCUT2D eigenvalue weighted by Crippen LogP contribution is -2.49. The fourth-order valence-electron chi connectivity index (χ4n) is 2.45. The molecule has 0 amide bonds. The van der Waals surface area contributed by atoms with E-state index >= 15 is 0 Å². The van der Waals surface area contributed by atoms with E-state index in [1.807, 2.05) is 0 Å². The Bertz CT molecular complexity index is 428. The van der Waals surface area contributed by atoms with E-state index in [0.717, 1.165) is 37.7 Å². The maximum absolute atomic E-state index is 5.63. The van der Waals surface area contributed by atoms with Gasteiger partial charge in [0.1, 0.15) is 0 Å². The van der Waals surface area contributed by atoms with Gasteiger partial charge in [0, 0.05) is 19.6 Å². The summed E-state index contributed by atoms with van der Waals surface area (Å²) in [5, 5.41) is 0. The summed E-state index contributed by atoms with van der Waals surface area (Å²) >= 11 is 0. The van der Waals surface area contributed by atoms with E-state index in [1.165, 1.54) is 11.1 Å². The van der Waals surface area contributed by atoms with Crippen LogP contribution < -0.4 is 15.2 Å². The molecule has 0 aliphatic carbocycles. The van der Waals surface area contributed by atoms with Gasteiger partial charge >= 0.3 is 0 Å². The molecule has 3 rings (SSSR count). The first-order chi connectivity index (χ1) is 8.26. The molecule has 1 saturated heterocycles. The van der Waals surface area contributed by atoms with Gasteiger partial charge in [0.25, 0.3) is 0 Å². The minimum atomic E-state index is 0.344. The Kier molecular flexibility index (Phi) is 2.68. The molecule has 4 heteroatoms. The molecule has 0 aromatic heterocycles. The molecule has 0 spiro atoms. The number of ether oxygens (including phenoxy) is 2. The minimum Gasteiger partial charge on any atom is -0.454 e. The number of fused-ring (bicyclic) bond motifs is 1. The molecular weight excluding hydrogens is 216 g/mol. The molecule has 2 heterocycles. The highest BCUT2D eigenvalue weighted by molar-refractivity contribution is 5.48. The van der Waals surface area contributed by atoms with Crippen molar-refractivity contribution in [3.05, 3.63) is 23.3 Å². The first-order valence-corrected chi connectivity index (χ1v) is 6.08. The first-order valence-electron chi connectivity index (χ1n) is 6.08. The largest absolute Gasteiger partial charge is 0.454 e. The predicted octanol–water partition coefficient (Wildman–Crippen LogP) is 1.11. The highest BCUT2D eigenvalue weighted by Crippen LogP contribution is 2.35. The molecule has 1 aromatic carbocycles. The lowest BCUT2D eigenvalue weighted by Gasteiger charge is -2.38. The van der Waals surface area contributed by atoms with Crippen LogP contribution in [0.2, 0.25) is 0 Å². The molecule has 2 N–H and O–H groups in total. The van der Waals surface area contributed by atoms with Crippen molar-refractivity contribution in [3.8, 4) is 11.5 Å². The molecule has 0 saturated carbocycles. The number of nitrogens with two attached hydrogens (primary N) is 1. The lowest BCUT2D eigenvalue weighted by molar-refractivity contribution is 0.0976. The minimum absolute atomic E-state index is 0.344. The van der Waals surface area contributed by atoms with E-state index in [4.69, 9.17) is 15.2 Å². The number of hydrogen-bond donors (Lipinski definition) is 1. The van der Waals surface area contributed by atoms with E-state index in [0.29, 0.717) is 12.7 Å². The molecule has 2 aliphatic rings. The highest BCUT2D eigenvalue weighted by atomic mass is 16.7. The third kappa shape index (κ3) is 1.98. The van der Waals surface area contributed by atoms with Gasteiger partial charge in [-0.15, -0.1) is 0 Å². The molecule has 1 aromatic rings. The van der Waals surface area contributed by atoms with Crippen LogP contribution in [0.25, 0.3) is 0 Å². The van der Waals surface area contributed by atoms with E-state index in [1.54, 1.807) is 0 Å². The zero-order chi connectivity index (χ0) is 11.8. The quantitative estimate of drug-likeness (QED) is 0.851. The average molecular weight is 234 g/mol. The standard InChI is InChI=1S/C13H18N2O2/c1-9-2-12-13(17-8-16-12)3-11(9)7-15-5-10(4-14)6-15/h2-3,10H,4-8,14H2,1H3. The normalized spacial score (nSPS) is 19.4. The summed E-state index contributed by atoms with van der Waals surface area (Å²) in [6.07, 6.45) is 0. The number of nitrogens with zero attached hydrogens (tertiary/aromatic N) is 1. The summed E-state index contributed by atoms with van der Waals surface area (Å²) in [4.78, 5) is 2.42. The molecule has 0 atom stereocenters. The van der Waals surface area contributed by atoms with Crippen LogP contribution in [-0.4, -0.2) is 31.3 Å². The van der Waals surface area contributed by atoms with Crippen molar-refractivity contribution in [3.63, 3.8) is 0 Å². The van der Waals surface area contributed by atoms with Crippen LogP contribution in [-0.2, 0) is 6.54 Å². The molecule has 1 fully saturated rings. The second-order valence-electron chi connectivity index (χ2n) is 4.93. The van der Waals surface area contributed by atoms with Crippen LogP contribution in [0, 0.1) is 12.8 Å². The summed E-state index contributed by atoms with van der Waals surface area (Å²) < 4.78 is 10.8. The topological polar surface area (TPSA) is 47.7 Å². The van der Waals surface area contributed by atoms with Crippen LogP contribution >= 0.6 is 0 Å². The predicted molar refractivity (Wildman–Crippen MR) is 65.1 cm³/mol. The number of benzene rings is 1. The average Bonchev–Trinajstić information content (AvgIpc) is 2.69. The second kappa shape index (κ2) is 4.20. The molecule has 2 aliphatic heterocycles. The van der Waals surface area contributed by atoms with Gasteiger partial charge in [0.05, 0.1) is 0 Å². The summed E-state index contributed by atoms with van der Waals surface area (Å²) in [5.41, 5.74) is 8.22. The van der Waals surface area contributed by atoms with Crippen LogP contribution in [0.3, 0.4) is 0 Å². The Morgan fingerprint density at radius 2 is 2.00 bits per heavy atom. The summed E-state index contributed by atoms with van der Waals surface area (Å²) in [6, 6.07) is 4.17. The van der Waals surface area contributed by atoms with E-state index in [9.17, 15) is 0 Å². The SMILES string of the molecule is Cc1cc2c(cc1CN1CC(CN)C1)OCO2. The van der Waals surface area contributed by atoms with Crippen molar-refractivity contribution in [1.82, 2.24) is 4.90 Å². The van der Waals surface area contributed by atoms with Gasteiger partial charge in [0.15, 0.2) is 11.5 Å². The Morgan fingerprint density at radius 3 is 2.71 bits per heavy atom. The smallest absolute Gasteiger partial charge is 0.231 e. The molecule has 17 heavy (non-hydrogen) atoms. The zero-order valence-corrected chi connectivity index (χ0v) is 10.1. The van der Waals surface area contributed by atoms with Crippen molar-refractivity contribution in [2.24, 2.45) is 11.7 Å². The summed E-state index contributed by atoms with van der Waals surface area (Å²) in [7, 11) is 0. The summed E-state index contributed by atoms with van der Waals surface area (Å²) in [6.45, 7) is 6.49. The van der Waals surface area contributed by atoms with Gasteiger partial charge in [-0.05, 0) is 42.6 Å². The van der Waals surface area contributed by atoms with Crippen molar-refractivity contribution < 1.29 is 9.47 Å². The fraction of sp³-hybridized carbons (Fsp3) is 0.538. The van der Waals surface area contributed by atoms with Crippen LogP contribution in [0.15, 0.2) is 12.1 Å². The van der Waals surface area contributed by atoms with Crippen molar-refractivity contribution in [2.45, 2.75) is 13.5 Å². The van der Waals surface area contributed by atoms with Gasteiger partial charge in [-0.25, -0.2) is 0 Å². The van der Waals surface area contributed by atoms with Crippen molar-refractivity contribution in [2.75, 3.05) is 26.4 Å². The maximum Gasteiger partial charge on any atom is 0.231 e. The Balaban J connectivity index is 1.71. The number of rotatable bonds is 3. The third-order valence-electron chi connectivity index (χ3n) is 3.59. The molecule has 92 valence electrons. The van der Waals surface area contributed by atoms with Crippen LogP contribution in [0.4, 0.5) is 0 Å². The zero-order valence-electron chi connectivity index (χ0n) is 10.1. The Morgan fingerprint density at radius 1 is 1.29 bits per heavy atom. The van der Waals surface area contributed by atoms with Gasteiger partial charge in [-0.3, -0.25) is 4.90 Å². The highest BCUT2D eigenvalue weighted by Gasteiger charge is 2.26.